The molecule has 3 rings (SSSR count). The Morgan fingerprint density at radius 2 is 1.83 bits per heavy atom. The van der Waals surface area contributed by atoms with E-state index in [1.165, 1.54) is 55.7 Å². The Balaban J connectivity index is 1.80. The largest absolute Gasteiger partial charge is 0.370 e. The number of anilines is 1. The minimum absolute atomic E-state index is 0.716. The maximum absolute atomic E-state index is 3.73. The smallest absolute Gasteiger partial charge is 0.0372 e. The summed E-state index contributed by atoms with van der Waals surface area (Å²) in [4.78, 5) is 2.59. The molecular formula is C16H24N2. The first kappa shape index (κ1) is 12.0. The van der Waals surface area contributed by atoms with Gasteiger partial charge in [-0.15, -0.1) is 0 Å². The second-order valence-corrected chi connectivity index (χ2v) is 6.04. The molecule has 0 amide bonds. The van der Waals surface area contributed by atoms with Crippen LogP contribution in [0.25, 0.3) is 0 Å². The van der Waals surface area contributed by atoms with Gasteiger partial charge in [-0.1, -0.05) is 6.07 Å². The highest BCUT2D eigenvalue weighted by Gasteiger charge is 2.33. The number of aryl methyl sites for hydroxylation is 2. The first-order chi connectivity index (χ1) is 8.72. The molecule has 1 unspecified atom stereocenters. The molecule has 0 spiro atoms. The zero-order chi connectivity index (χ0) is 12.5. The predicted molar refractivity (Wildman–Crippen MR) is 77.3 cm³/mol. The van der Waals surface area contributed by atoms with Crippen molar-refractivity contribution < 1.29 is 0 Å². The van der Waals surface area contributed by atoms with E-state index in [0.29, 0.717) is 6.04 Å². The van der Waals surface area contributed by atoms with E-state index in [2.05, 4.69) is 42.3 Å². The van der Waals surface area contributed by atoms with E-state index in [-0.39, 0.29) is 0 Å². The van der Waals surface area contributed by atoms with Gasteiger partial charge in [-0.3, -0.25) is 0 Å². The van der Waals surface area contributed by atoms with Gasteiger partial charge in [0.25, 0.3) is 0 Å². The zero-order valence-corrected chi connectivity index (χ0v) is 11.6. The lowest BCUT2D eigenvalue weighted by molar-refractivity contribution is 0.490. The molecule has 1 aromatic rings. The Morgan fingerprint density at radius 3 is 2.50 bits per heavy atom. The number of benzene rings is 1. The van der Waals surface area contributed by atoms with Crippen LogP contribution in [-0.2, 0) is 0 Å². The van der Waals surface area contributed by atoms with Gasteiger partial charge in [0.1, 0.15) is 0 Å². The minimum Gasteiger partial charge on any atom is -0.370 e. The fourth-order valence-corrected chi connectivity index (χ4v) is 3.13. The van der Waals surface area contributed by atoms with Gasteiger partial charge in [0.2, 0.25) is 0 Å². The van der Waals surface area contributed by atoms with Crippen LogP contribution in [-0.4, -0.2) is 25.7 Å². The lowest BCUT2D eigenvalue weighted by Gasteiger charge is -2.27. The van der Waals surface area contributed by atoms with Crippen LogP contribution in [0.3, 0.4) is 0 Å². The maximum Gasteiger partial charge on any atom is 0.0372 e. The van der Waals surface area contributed by atoms with Gasteiger partial charge in [0.15, 0.2) is 0 Å². The third-order valence-electron chi connectivity index (χ3n) is 4.19. The van der Waals surface area contributed by atoms with Crippen LogP contribution in [0.2, 0.25) is 0 Å². The molecule has 1 heterocycles. The number of nitrogens with zero attached hydrogens (tertiary/aromatic N) is 1. The van der Waals surface area contributed by atoms with E-state index in [9.17, 15) is 0 Å². The summed E-state index contributed by atoms with van der Waals surface area (Å²) < 4.78 is 0. The molecule has 0 aromatic heterocycles. The van der Waals surface area contributed by atoms with Crippen molar-refractivity contribution >= 4 is 5.69 Å². The van der Waals surface area contributed by atoms with Crippen LogP contribution in [0.5, 0.6) is 0 Å². The predicted octanol–water partition coefficient (Wildman–Crippen LogP) is 2.88. The molecule has 2 fully saturated rings. The molecule has 2 heteroatoms. The third kappa shape index (κ3) is 2.69. The Hall–Kier alpha value is -1.02. The van der Waals surface area contributed by atoms with Crippen molar-refractivity contribution in [1.29, 1.82) is 0 Å². The number of hydrogen-bond acceptors (Lipinski definition) is 2. The summed E-state index contributed by atoms with van der Waals surface area (Å²) in [6, 6.07) is 7.65. The van der Waals surface area contributed by atoms with Gasteiger partial charge in [-0.25, -0.2) is 0 Å². The van der Waals surface area contributed by atoms with Gasteiger partial charge >= 0.3 is 0 Å². The first-order valence-electron chi connectivity index (χ1n) is 7.29. The standard InChI is InChI=1S/C16H24N2/c1-12-8-13(2)10-15(9-12)18-7-3-6-17-16(11-18)14-4-5-14/h8-10,14,16-17H,3-7,11H2,1-2H3. The molecule has 1 N–H and O–H groups in total. The van der Waals surface area contributed by atoms with Gasteiger partial charge in [-0.2, -0.15) is 0 Å². The lowest BCUT2D eigenvalue weighted by Crippen LogP contribution is -2.39. The molecule has 98 valence electrons. The van der Waals surface area contributed by atoms with Crippen LogP contribution < -0.4 is 10.2 Å². The summed E-state index contributed by atoms with van der Waals surface area (Å²) in [6.45, 7) is 7.96. The van der Waals surface area contributed by atoms with Crippen molar-refractivity contribution in [2.24, 2.45) is 5.92 Å². The number of nitrogens with one attached hydrogen (secondary N) is 1. The van der Waals surface area contributed by atoms with Crippen molar-refractivity contribution in [3.05, 3.63) is 29.3 Å². The molecule has 0 bridgehead atoms. The van der Waals surface area contributed by atoms with E-state index >= 15 is 0 Å². The monoisotopic (exact) mass is 244 g/mol. The Morgan fingerprint density at radius 1 is 1.11 bits per heavy atom. The molecule has 0 radical (unpaired) electrons. The average molecular weight is 244 g/mol. The highest BCUT2D eigenvalue weighted by Crippen LogP contribution is 2.34. The molecule has 18 heavy (non-hydrogen) atoms. The Labute approximate surface area is 110 Å². The zero-order valence-electron chi connectivity index (χ0n) is 11.6. The Bertz CT molecular complexity index is 403. The van der Waals surface area contributed by atoms with Gasteiger partial charge in [0, 0.05) is 24.8 Å². The van der Waals surface area contributed by atoms with E-state index in [0.717, 1.165) is 5.92 Å². The fourth-order valence-electron chi connectivity index (χ4n) is 3.13. The second-order valence-electron chi connectivity index (χ2n) is 6.04. The topological polar surface area (TPSA) is 15.3 Å². The van der Waals surface area contributed by atoms with E-state index < -0.39 is 0 Å². The number of rotatable bonds is 2. The number of hydrogen-bond donors (Lipinski definition) is 1. The van der Waals surface area contributed by atoms with Crippen molar-refractivity contribution in [3.63, 3.8) is 0 Å². The van der Waals surface area contributed by atoms with Gasteiger partial charge < -0.3 is 10.2 Å². The highest BCUT2D eigenvalue weighted by atomic mass is 15.2. The molecule has 1 aliphatic heterocycles. The second kappa shape index (κ2) is 4.93. The molecule has 1 saturated carbocycles. The summed E-state index contributed by atoms with van der Waals surface area (Å²) in [6.07, 6.45) is 4.12. The maximum atomic E-state index is 3.73. The van der Waals surface area contributed by atoms with Crippen LogP contribution in [0.1, 0.15) is 30.4 Å². The lowest BCUT2D eigenvalue weighted by atomic mass is 10.1. The van der Waals surface area contributed by atoms with Crippen LogP contribution in [0.4, 0.5) is 5.69 Å². The summed E-state index contributed by atoms with van der Waals surface area (Å²) in [5, 5.41) is 3.73. The van der Waals surface area contributed by atoms with Gasteiger partial charge in [0.05, 0.1) is 0 Å². The summed E-state index contributed by atoms with van der Waals surface area (Å²) in [5.41, 5.74) is 4.18. The van der Waals surface area contributed by atoms with Gasteiger partial charge in [-0.05, 0) is 68.8 Å². The average Bonchev–Trinajstić information content (AvgIpc) is 3.14. The summed E-state index contributed by atoms with van der Waals surface area (Å²) in [7, 11) is 0. The van der Waals surface area contributed by atoms with Crippen LogP contribution >= 0.6 is 0 Å². The third-order valence-corrected chi connectivity index (χ3v) is 4.19. The molecule has 2 nitrogen and oxygen atoms in total. The molecule has 1 aromatic carbocycles. The first-order valence-corrected chi connectivity index (χ1v) is 7.29. The SMILES string of the molecule is Cc1cc(C)cc(N2CCCNC(C3CC3)C2)c1. The molecule has 1 saturated heterocycles. The summed E-state index contributed by atoms with van der Waals surface area (Å²) >= 11 is 0. The summed E-state index contributed by atoms with van der Waals surface area (Å²) in [5.74, 6) is 0.941. The van der Waals surface area contributed by atoms with Crippen molar-refractivity contribution in [3.8, 4) is 0 Å². The van der Waals surface area contributed by atoms with E-state index in [1.807, 2.05) is 0 Å². The van der Waals surface area contributed by atoms with Crippen molar-refractivity contribution in [2.45, 2.75) is 39.2 Å². The molecule has 2 aliphatic rings. The molecular weight excluding hydrogens is 220 g/mol. The quantitative estimate of drug-likeness (QED) is 0.860. The Kier molecular flexibility index (Phi) is 3.29. The van der Waals surface area contributed by atoms with E-state index in [1.54, 1.807) is 0 Å². The fraction of sp³-hybridized carbons (Fsp3) is 0.625. The van der Waals surface area contributed by atoms with Crippen LogP contribution in [0, 0.1) is 19.8 Å². The van der Waals surface area contributed by atoms with Crippen molar-refractivity contribution in [2.75, 3.05) is 24.5 Å². The van der Waals surface area contributed by atoms with E-state index in [4.69, 9.17) is 0 Å². The van der Waals surface area contributed by atoms with Crippen LogP contribution in [0.15, 0.2) is 18.2 Å². The molecule has 1 atom stereocenters. The van der Waals surface area contributed by atoms with Crippen molar-refractivity contribution in [1.82, 2.24) is 5.32 Å². The molecule has 1 aliphatic carbocycles. The highest BCUT2D eigenvalue weighted by molar-refractivity contribution is 5.51. The minimum atomic E-state index is 0.716. The normalized spacial score (nSPS) is 25.0.